The Hall–Kier alpha value is -2.61. The summed E-state index contributed by atoms with van der Waals surface area (Å²) in [5, 5.41) is 20.0. The Morgan fingerprint density at radius 3 is 2.78 bits per heavy atom. The van der Waals surface area contributed by atoms with E-state index in [4.69, 9.17) is 26.2 Å². The first-order valence-electron chi connectivity index (χ1n) is 7.83. The second-order valence-electron chi connectivity index (χ2n) is 5.63. The van der Waals surface area contributed by atoms with Crippen LogP contribution >= 0.6 is 11.6 Å². The average molecular weight is 412 g/mol. The molecule has 1 aromatic heterocycles. The molecule has 11 heteroatoms. The van der Waals surface area contributed by atoms with Gasteiger partial charge in [-0.25, -0.2) is 18.3 Å². The monoisotopic (exact) mass is 411 g/mol. The van der Waals surface area contributed by atoms with Gasteiger partial charge in [-0.3, -0.25) is 0 Å². The highest BCUT2D eigenvalue weighted by Gasteiger charge is 2.26. The molecule has 1 aliphatic heterocycles. The van der Waals surface area contributed by atoms with Gasteiger partial charge in [0.1, 0.15) is 5.75 Å². The molecule has 9 nitrogen and oxygen atoms in total. The van der Waals surface area contributed by atoms with Crippen LogP contribution in [0, 0.1) is 11.2 Å². The van der Waals surface area contributed by atoms with Crippen molar-refractivity contribution in [3.8, 4) is 22.8 Å². The van der Waals surface area contributed by atoms with E-state index in [2.05, 4.69) is 26.6 Å². The minimum absolute atomic E-state index is 0.115. The van der Waals surface area contributed by atoms with Crippen LogP contribution in [0.15, 0.2) is 18.2 Å². The molecule has 0 atom stereocenters. The summed E-state index contributed by atoms with van der Waals surface area (Å²) < 4.78 is 35.0. The molecule has 0 amide bonds. The van der Waals surface area contributed by atoms with Crippen LogP contribution in [-0.2, 0) is 14.6 Å². The molecule has 0 radical (unpaired) electrons. The predicted molar refractivity (Wildman–Crippen MR) is 94.5 cm³/mol. The summed E-state index contributed by atoms with van der Waals surface area (Å²) in [7, 11) is -3.56. The Labute approximate surface area is 159 Å². The molecule has 3 rings (SSSR count). The highest BCUT2D eigenvalue weighted by Crippen LogP contribution is 2.30. The maximum Gasteiger partial charge on any atom is 0.359 e. The van der Waals surface area contributed by atoms with Gasteiger partial charge in [-0.15, -0.1) is 0 Å². The molecule has 1 saturated heterocycles. The van der Waals surface area contributed by atoms with E-state index in [9.17, 15) is 13.2 Å². The topological polar surface area (TPSA) is 131 Å². The Morgan fingerprint density at radius 1 is 1.37 bits per heavy atom. The number of rotatable bonds is 4. The number of H-pyrrole nitrogens is 1. The first-order valence-corrected chi connectivity index (χ1v) is 9.75. The second kappa shape index (κ2) is 7.96. The van der Waals surface area contributed by atoms with Crippen LogP contribution in [0.25, 0.3) is 0 Å². The van der Waals surface area contributed by atoms with Gasteiger partial charge in [0.2, 0.25) is 15.5 Å². The molecule has 2 heterocycles. The van der Waals surface area contributed by atoms with Crippen molar-refractivity contribution in [1.82, 2.24) is 15.4 Å². The number of sulfone groups is 1. The largest absolute Gasteiger partial charge is 0.476 e. The number of carboxylic acids is 1. The summed E-state index contributed by atoms with van der Waals surface area (Å²) in [4.78, 5) is 11.0. The zero-order valence-electron chi connectivity index (χ0n) is 13.8. The van der Waals surface area contributed by atoms with Gasteiger partial charge in [0.05, 0.1) is 10.3 Å². The Bertz CT molecular complexity index is 1020. The van der Waals surface area contributed by atoms with Crippen molar-refractivity contribution in [3.05, 3.63) is 34.5 Å². The molecular formula is C16H14ClN3O6S. The number of hydrogen-bond acceptors (Lipinski definition) is 7. The third kappa shape index (κ3) is 4.57. The molecule has 1 fully saturated rings. The fourth-order valence-corrected chi connectivity index (χ4v) is 3.85. The second-order valence-corrected chi connectivity index (χ2v) is 8.00. The number of ether oxygens (including phenoxy) is 2. The minimum Gasteiger partial charge on any atom is -0.476 e. The number of benzene rings is 1. The summed E-state index contributed by atoms with van der Waals surface area (Å²) >= 11 is 6.11. The lowest BCUT2D eigenvalue weighted by molar-refractivity contribution is 0.0687. The van der Waals surface area contributed by atoms with E-state index in [1.54, 1.807) is 0 Å². The van der Waals surface area contributed by atoms with Crippen LogP contribution in [0.2, 0.25) is 5.02 Å². The third-order valence-electron chi connectivity index (χ3n) is 3.81. The summed E-state index contributed by atoms with van der Waals surface area (Å²) in [6, 6.07) is 4.37. The lowest BCUT2D eigenvalue weighted by Crippen LogP contribution is -2.27. The fourth-order valence-electron chi connectivity index (χ4n) is 2.39. The molecule has 0 unspecified atom stereocenters. The molecule has 0 saturated carbocycles. The molecule has 142 valence electrons. The Kier molecular flexibility index (Phi) is 5.65. The third-order valence-corrected chi connectivity index (χ3v) is 5.84. The highest BCUT2D eigenvalue weighted by atomic mass is 35.5. The van der Waals surface area contributed by atoms with Crippen molar-refractivity contribution in [2.75, 3.05) is 13.2 Å². The fraction of sp³-hybridized carbons (Fsp3) is 0.312. The molecular weight excluding hydrogens is 398 g/mol. The van der Waals surface area contributed by atoms with Crippen molar-refractivity contribution >= 4 is 27.4 Å². The van der Waals surface area contributed by atoms with E-state index in [1.165, 1.54) is 18.2 Å². The van der Waals surface area contributed by atoms with Crippen LogP contribution in [0.4, 0.5) is 0 Å². The first-order chi connectivity index (χ1) is 12.9. The van der Waals surface area contributed by atoms with E-state index < -0.39 is 21.1 Å². The molecule has 27 heavy (non-hydrogen) atoms. The number of carbonyl (C=O) groups is 1. The molecule has 0 spiro atoms. The summed E-state index contributed by atoms with van der Waals surface area (Å²) in [5.41, 5.74) is 0.0547. The van der Waals surface area contributed by atoms with Gasteiger partial charge in [0.15, 0.2) is 0 Å². The van der Waals surface area contributed by atoms with Gasteiger partial charge in [-0.1, -0.05) is 21.9 Å². The van der Waals surface area contributed by atoms with E-state index in [0.717, 1.165) is 0 Å². The van der Waals surface area contributed by atoms with Gasteiger partial charge < -0.3 is 14.6 Å². The molecule has 0 bridgehead atoms. The van der Waals surface area contributed by atoms with Crippen molar-refractivity contribution in [2.24, 2.45) is 0 Å². The van der Waals surface area contributed by atoms with E-state index in [1.807, 2.05) is 0 Å². The predicted octanol–water partition coefficient (Wildman–Crippen LogP) is 1.85. The van der Waals surface area contributed by atoms with Gasteiger partial charge >= 0.3 is 5.97 Å². The van der Waals surface area contributed by atoms with Crippen LogP contribution in [0.5, 0.6) is 11.6 Å². The van der Waals surface area contributed by atoms with E-state index >= 15 is 0 Å². The molecule has 1 aliphatic rings. The van der Waals surface area contributed by atoms with E-state index in [0.29, 0.717) is 31.6 Å². The highest BCUT2D eigenvalue weighted by molar-refractivity contribution is 7.96. The first kappa shape index (κ1) is 19.2. The normalized spacial score (nSPS) is 15.0. The zero-order chi connectivity index (χ0) is 19.4. The Morgan fingerprint density at radius 2 is 2.11 bits per heavy atom. The van der Waals surface area contributed by atoms with Crippen molar-refractivity contribution in [2.45, 2.75) is 18.1 Å². The number of aromatic amines is 1. The molecule has 2 aromatic rings. The SMILES string of the molecule is O=C(O)c1[nH]nnc1Oc1ccc(C#CS(=O)(=O)C2CCOCC2)cc1Cl. The van der Waals surface area contributed by atoms with Gasteiger partial charge in [0.25, 0.3) is 5.88 Å². The van der Waals surface area contributed by atoms with Crippen LogP contribution in [-0.4, -0.2) is 53.4 Å². The lowest BCUT2D eigenvalue weighted by Gasteiger charge is -2.19. The zero-order valence-corrected chi connectivity index (χ0v) is 15.4. The van der Waals surface area contributed by atoms with Crippen LogP contribution in [0.3, 0.4) is 0 Å². The lowest BCUT2D eigenvalue weighted by atomic mass is 10.2. The van der Waals surface area contributed by atoms with E-state index in [-0.39, 0.29) is 22.3 Å². The molecule has 2 N–H and O–H groups in total. The van der Waals surface area contributed by atoms with Crippen LogP contribution < -0.4 is 4.74 Å². The summed E-state index contributed by atoms with van der Waals surface area (Å²) in [6.07, 6.45) is 0.850. The maximum absolute atomic E-state index is 12.3. The number of hydrogen-bond donors (Lipinski definition) is 2. The minimum atomic E-state index is -3.56. The Balaban J connectivity index is 1.77. The number of aromatic carboxylic acids is 1. The standard InChI is InChI=1S/C16H14ClN3O6S/c17-12-9-10(5-8-27(23,24)11-3-6-25-7-4-11)1-2-13(12)26-15-14(16(21)22)18-20-19-15/h1-2,9,11H,3-4,6-7H2,(H,21,22)(H,18,19,20). The number of nitrogens with zero attached hydrogens (tertiary/aromatic N) is 2. The quantitative estimate of drug-likeness (QED) is 0.728. The average Bonchev–Trinajstić information content (AvgIpc) is 3.11. The molecule has 0 aliphatic carbocycles. The number of carboxylic acid groups (broad SMARTS) is 1. The summed E-state index contributed by atoms with van der Waals surface area (Å²) in [6.45, 7) is 0.813. The maximum atomic E-state index is 12.3. The van der Waals surface area contributed by atoms with Gasteiger partial charge in [-0.2, -0.15) is 0 Å². The van der Waals surface area contributed by atoms with Crippen molar-refractivity contribution < 1.29 is 27.8 Å². The van der Waals surface area contributed by atoms with Crippen LogP contribution in [0.1, 0.15) is 28.9 Å². The van der Waals surface area contributed by atoms with Crippen molar-refractivity contribution in [3.63, 3.8) is 0 Å². The van der Waals surface area contributed by atoms with Gasteiger partial charge in [0, 0.05) is 24.0 Å². The number of aromatic nitrogens is 3. The van der Waals surface area contributed by atoms with Gasteiger partial charge in [-0.05, 0) is 37.0 Å². The number of halogens is 1. The van der Waals surface area contributed by atoms with Crippen molar-refractivity contribution in [1.29, 1.82) is 0 Å². The summed E-state index contributed by atoms with van der Waals surface area (Å²) in [5.74, 6) is 1.19. The number of nitrogens with one attached hydrogen (secondary N) is 1. The smallest absolute Gasteiger partial charge is 0.359 e. The molecule has 1 aromatic carbocycles.